The van der Waals surface area contributed by atoms with Crippen LogP contribution >= 0.6 is 0 Å². The predicted octanol–water partition coefficient (Wildman–Crippen LogP) is 3.40. The number of nitrogens with zero attached hydrogens (tertiary/aromatic N) is 1. The van der Waals surface area contributed by atoms with E-state index in [2.05, 4.69) is 10.1 Å². The van der Waals surface area contributed by atoms with Gasteiger partial charge in [-0.15, -0.1) is 13.2 Å². The van der Waals surface area contributed by atoms with Crippen molar-refractivity contribution >= 4 is 12.0 Å². The number of carbonyl (C=O) groups excluding carboxylic acids is 1. The van der Waals surface area contributed by atoms with Crippen LogP contribution in [0.25, 0.3) is 0 Å². The van der Waals surface area contributed by atoms with Crippen LogP contribution in [-0.2, 0) is 4.79 Å². The van der Waals surface area contributed by atoms with Crippen molar-refractivity contribution in [3.8, 4) is 5.75 Å². The maximum absolute atomic E-state index is 12.4. The van der Waals surface area contributed by atoms with E-state index >= 15 is 0 Å². The molecule has 1 aliphatic carbocycles. The van der Waals surface area contributed by atoms with Crippen LogP contribution in [0.1, 0.15) is 31.4 Å². The number of nitrogens with one attached hydrogen (secondary N) is 1. The highest BCUT2D eigenvalue weighted by atomic mass is 19.4. The largest absolute Gasteiger partial charge is 0.573 e. The quantitative estimate of drug-likeness (QED) is 0.767. The fourth-order valence-corrected chi connectivity index (χ4v) is 2.62. The van der Waals surface area contributed by atoms with E-state index in [0.29, 0.717) is 5.56 Å². The highest BCUT2D eigenvalue weighted by molar-refractivity contribution is 5.76. The van der Waals surface area contributed by atoms with Gasteiger partial charge in [0, 0.05) is 13.6 Å². The van der Waals surface area contributed by atoms with E-state index in [1.54, 1.807) is 6.07 Å². The van der Waals surface area contributed by atoms with Gasteiger partial charge in [-0.2, -0.15) is 0 Å². The summed E-state index contributed by atoms with van der Waals surface area (Å²) >= 11 is 0. The van der Waals surface area contributed by atoms with Gasteiger partial charge >= 0.3 is 18.4 Å². The lowest BCUT2D eigenvalue weighted by molar-refractivity contribution is -0.274. The first-order valence-corrected chi connectivity index (χ1v) is 8.17. The molecule has 2 rings (SSSR count). The van der Waals surface area contributed by atoms with Gasteiger partial charge in [0.2, 0.25) is 0 Å². The summed E-state index contributed by atoms with van der Waals surface area (Å²) in [5.41, 5.74) is 0.516. The lowest BCUT2D eigenvalue weighted by Crippen LogP contribution is -2.42. The van der Waals surface area contributed by atoms with Crippen molar-refractivity contribution < 1.29 is 32.6 Å². The maximum Gasteiger partial charge on any atom is 0.573 e. The Morgan fingerprint density at radius 1 is 1.38 bits per heavy atom. The summed E-state index contributed by atoms with van der Waals surface area (Å²) in [6, 6.07) is 4.60. The van der Waals surface area contributed by atoms with Crippen molar-refractivity contribution in [1.82, 2.24) is 10.2 Å². The second-order valence-corrected chi connectivity index (χ2v) is 6.50. The van der Waals surface area contributed by atoms with Crippen LogP contribution in [0, 0.1) is 11.8 Å². The van der Waals surface area contributed by atoms with Crippen molar-refractivity contribution in [2.45, 2.75) is 32.2 Å². The Kier molecular flexibility index (Phi) is 5.99. The zero-order valence-corrected chi connectivity index (χ0v) is 14.4. The molecular weight excluding hydrogens is 353 g/mol. The number of halogens is 3. The van der Waals surface area contributed by atoms with Crippen molar-refractivity contribution in [2.24, 2.45) is 11.8 Å². The molecule has 0 aliphatic heterocycles. The second kappa shape index (κ2) is 7.84. The van der Waals surface area contributed by atoms with Gasteiger partial charge in [-0.25, -0.2) is 4.79 Å². The molecule has 2 N–H and O–H groups in total. The standard InChI is InChI=1S/C17H21F3N2O4/c1-10(15(23)24)9-22(2)16(25)21-14(11-6-7-11)12-4-3-5-13(8-12)26-17(18,19)20/h3-5,8,10-11,14H,6-7,9H2,1-2H3,(H,21,25)(H,23,24). The molecule has 1 fully saturated rings. The van der Waals surface area contributed by atoms with Gasteiger partial charge in [-0.05, 0) is 36.5 Å². The molecule has 0 heterocycles. The Bertz CT molecular complexity index is 662. The molecule has 0 aromatic heterocycles. The van der Waals surface area contributed by atoms with Crippen molar-refractivity contribution in [2.75, 3.05) is 13.6 Å². The molecular formula is C17H21F3N2O4. The monoisotopic (exact) mass is 374 g/mol. The zero-order valence-electron chi connectivity index (χ0n) is 14.4. The van der Waals surface area contributed by atoms with E-state index in [0.717, 1.165) is 12.8 Å². The summed E-state index contributed by atoms with van der Waals surface area (Å²) in [5.74, 6) is -1.96. The molecule has 0 saturated heterocycles. The van der Waals surface area contributed by atoms with E-state index < -0.39 is 30.3 Å². The first-order chi connectivity index (χ1) is 12.1. The van der Waals surface area contributed by atoms with Gasteiger partial charge < -0.3 is 20.1 Å². The molecule has 1 aromatic rings. The highest BCUT2D eigenvalue weighted by Crippen LogP contribution is 2.42. The first kappa shape index (κ1) is 19.9. The molecule has 0 radical (unpaired) electrons. The highest BCUT2D eigenvalue weighted by Gasteiger charge is 2.35. The number of carboxylic acid groups (broad SMARTS) is 1. The van der Waals surface area contributed by atoms with Crippen LogP contribution in [0.2, 0.25) is 0 Å². The number of carboxylic acids is 1. The molecule has 2 amide bonds. The molecule has 9 heteroatoms. The fourth-order valence-electron chi connectivity index (χ4n) is 2.62. The summed E-state index contributed by atoms with van der Waals surface area (Å²) < 4.78 is 41.1. The molecule has 0 spiro atoms. The third kappa shape index (κ3) is 5.82. The predicted molar refractivity (Wildman–Crippen MR) is 86.6 cm³/mol. The smallest absolute Gasteiger partial charge is 0.481 e. The van der Waals surface area contributed by atoms with Crippen LogP contribution in [0.3, 0.4) is 0 Å². The number of benzene rings is 1. The number of urea groups is 1. The Labute approximate surface area is 148 Å². The normalized spacial score (nSPS) is 16.5. The fraction of sp³-hybridized carbons (Fsp3) is 0.529. The van der Waals surface area contributed by atoms with Gasteiger partial charge in [-0.3, -0.25) is 4.79 Å². The zero-order chi connectivity index (χ0) is 19.5. The Morgan fingerprint density at radius 3 is 2.58 bits per heavy atom. The van der Waals surface area contributed by atoms with E-state index in [-0.39, 0.29) is 18.2 Å². The number of rotatable bonds is 7. The molecule has 0 bridgehead atoms. The van der Waals surface area contributed by atoms with Gasteiger partial charge in [0.05, 0.1) is 12.0 Å². The van der Waals surface area contributed by atoms with Crippen LogP contribution in [0.4, 0.5) is 18.0 Å². The molecule has 2 atom stereocenters. The number of carbonyl (C=O) groups is 2. The van der Waals surface area contributed by atoms with E-state index in [9.17, 15) is 22.8 Å². The van der Waals surface area contributed by atoms with Gasteiger partial charge in [0.25, 0.3) is 0 Å². The van der Waals surface area contributed by atoms with Crippen molar-refractivity contribution in [3.63, 3.8) is 0 Å². The topological polar surface area (TPSA) is 78.9 Å². The molecule has 2 unspecified atom stereocenters. The van der Waals surface area contributed by atoms with Crippen molar-refractivity contribution in [3.05, 3.63) is 29.8 Å². The van der Waals surface area contributed by atoms with Gasteiger partial charge in [0.15, 0.2) is 0 Å². The summed E-state index contributed by atoms with van der Waals surface area (Å²) in [4.78, 5) is 24.5. The van der Waals surface area contributed by atoms with Crippen LogP contribution in [-0.4, -0.2) is 42.0 Å². The van der Waals surface area contributed by atoms with Crippen LogP contribution in [0.15, 0.2) is 24.3 Å². The summed E-state index contributed by atoms with van der Waals surface area (Å²) in [7, 11) is 1.47. The number of aliphatic carboxylic acids is 1. The number of amides is 2. The average Bonchev–Trinajstić information content (AvgIpc) is 3.35. The van der Waals surface area contributed by atoms with Gasteiger partial charge in [0.1, 0.15) is 5.75 Å². The maximum atomic E-state index is 12.4. The Morgan fingerprint density at radius 2 is 2.04 bits per heavy atom. The SMILES string of the molecule is CC(CN(C)C(=O)NC(c1cccc(OC(F)(F)F)c1)C1CC1)C(=O)O. The lowest BCUT2D eigenvalue weighted by atomic mass is 10.0. The number of ether oxygens (including phenoxy) is 1. The molecule has 1 aromatic carbocycles. The van der Waals surface area contributed by atoms with E-state index in [4.69, 9.17) is 5.11 Å². The number of hydrogen-bond donors (Lipinski definition) is 2. The second-order valence-electron chi connectivity index (χ2n) is 6.50. The molecule has 144 valence electrons. The third-order valence-corrected chi connectivity index (χ3v) is 4.14. The van der Waals surface area contributed by atoms with E-state index in [1.807, 2.05) is 0 Å². The van der Waals surface area contributed by atoms with Crippen LogP contribution < -0.4 is 10.1 Å². The minimum Gasteiger partial charge on any atom is -0.481 e. The first-order valence-electron chi connectivity index (χ1n) is 8.17. The minimum absolute atomic E-state index is 0.0236. The van der Waals surface area contributed by atoms with Gasteiger partial charge in [-0.1, -0.05) is 19.1 Å². The minimum atomic E-state index is -4.79. The molecule has 1 saturated carbocycles. The molecule has 26 heavy (non-hydrogen) atoms. The summed E-state index contributed by atoms with van der Waals surface area (Å²) in [6.07, 6.45) is -3.08. The molecule has 1 aliphatic rings. The van der Waals surface area contributed by atoms with Crippen LogP contribution in [0.5, 0.6) is 5.75 Å². The Balaban J connectivity index is 2.08. The van der Waals surface area contributed by atoms with Crippen molar-refractivity contribution in [1.29, 1.82) is 0 Å². The number of alkyl halides is 3. The average molecular weight is 374 g/mol. The van der Waals surface area contributed by atoms with E-state index in [1.165, 1.54) is 37.1 Å². The summed E-state index contributed by atoms with van der Waals surface area (Å²) in [6.45, 7) is 1.51. The molecule has 6 nitrogen and oxygen atoms in total. The third-order valence-electron chi connectivity index (χ3n) is 4.14. The Hall–Kier alpha value is -2.45. The number of hydrogen-bond acceptors (Lipinski definition) is 3. The lowest BCUT2D eigenvalue weighted by Gasteiger charge is -2.25. The summed E-state index contributed by atoms with van der Waals surface area (Å²) in [5, 5.41) is 11.7.